The van der Waals surface area contributed by atoms with Crippen LogP contribution >= 0.6 is 11.6 Å². The zero-order valence-electron chi connectivity index (χ0n) is 19.8. The quantitative estimate of drug-likeness (QED) is 0.501. The first kappa shape index (κ1) is 23.2. The number of para-hydroxylation sites is 1. The van der Waals surface area contributed by atoms with E-state index in [4.69, 9.17) is 11.6 Å². The van der Waals surface area contributed by atoms with Gasteiger partial charge in [-0.2, -0.15) is 0 Å². The van der Waals surface area contributed by atoms with E-state index in [2.05, 4.69) is 45.9 Å². The maximum absolute atomic E-state index is 12.6. The third kappa shape index (κ3) is 3.98. The fourth-order valence-corrected chi connectivity index (χ4v) is 5.81. The predicted octanol–water partition coefficient (Wildman–Crippen LogP) is 3.94. The van der Waals surface area contributed by atoms with Gasteiger partial charge < -0.3 is 24.6 Å². The van der Waals surface area contributed by atoms with Crippen LogP contribution in [0.1, 0.15) is 37.9 Å². The Morgan fingerprint density at radius 3 is 2.59 bits per heavy atom. The summed E-state index contributed by atoms with van der Waals surface area (Å²) in [6.45, 7) is 6.98. The molecular weight excluding hydrogens is 450 g/mol. The van der Waals surface area contributed by atoms with Gasteiger partial charge in [0.15, 0.2) is 0 Å². The number of benzene rings is 2. The summed E-state index contributed by atoms with van der Waals surface area (Å²) in [5.41, 5.74) is 3.41. The molecular formula is C27H32ClN3O3. The van der Waals surface area contributed by atoms with Crippen LogP contribution in [0.15, 0.2) is 48.5 Å². The molecule has 2 N–H and O–H groups in total. The van der Waals surface area contributed by atoms with E-state index in [0.717, 1.165) is 48.4 Å². The number of aromatic nitrogens is 1. The lowest BCUT2D eigenvalue weighted by Crippen LogP contribution is -2.65. The minimum Gasteiger partial charge on any atom is -0.396 e. The number of amides is 1. The van der Waals surface area contributed by atoms with Crippen molar-refractivity contribution in [1.29, 1.82) is 0 Å². The van der Waals surface area contributed by atoms with Crippen LogP contribution in [-0.4, -0.2) is 57.4 Å². The number of aliphatic hydroxyl groups excluding tert-OH is 1. The van der Waals surface area contributed by atoms with Crippen molar-refractivity contribution in [3.8, 4) is 0 Å². The van der Waals surface area contributed by atoms with Crippen molar-refractivity contribution in [3.05, 3.63) is 64.8 Å². The number of halogens is 1. The Hall–Kier alpha value is -2.54. The smallest absolute Gasteiger partial charge is 0.254 e. The number of rotatable bonds is 7. The highest BCUT2D eigenvalue weighted by molar-refractivity contribution is 6.31. The van der Waals surface area contributed by atoms with Gasteiger partial charge in [-0.1, -0.05) is 29.8 Å². The van der Waals surface area contributed by atoms with Gasteiger partial charge in [0.25, 0.3) is 5.91 Å². The number of unbranched alkanes of at least 4 members (excludes halogenated alkanes) is 1. The van der Waals surface area contributed by atoms with Crippen molar-refractivity contribution < 1.29 is 15.0 Å². The standard InChI is InChI=1S/C27H32ClN3O3/c1-26(2,34)25(33)30-17-27(18-30)16-29(24-8-4-3-7-22(24)27)15-21-14-19-13-20(28)9-10-23(19)31(21)11-5-6-12-32/h3-4,7-10,13-14,32,34H,5-6,11-12,15-18H2,1-2H3. The Kier molecular flexibility index (Phi) is 5.87. The van der Waals surface area contributed by atoms with Gasteiger partial charge in [-0.05, 0) is 62.6 Å². The summed E-state index contributed by atoms with van der Waals surface area (Å²) >= 11 is 6.28. The number of carbonyl (C=O) groups is 1. The molecule has 1 fully saturated rings. The number of hydrogen-bond acceptors (Lipinski definition) is 4. The van der Waals surface area contributed by atoms with Crippen molar-refractivity contribution >= 4 is 34.1 Å². The third-order valence-corrected chi connectivity index (χ3v) is 7.43. The van der Waals surface area contributed by atoms with E-state index in [1.165, 1.54) is 16.9 Å². The average Bonchev–Trinajstić information content (AvgIpc) is 3.27. The lowest BCUT2D eigenvalue weighted by molar-refractivity contribution is -0.155. The molecule has 2 aliphatic heterocycles. The van der Waals surface area contributed by atoms with Gasteiger partial charge in [-0.15, -0.1) is 0 Å². The topological polar surface area (TPSA) is 68.9 Å². The van der Waals surface area contributed by atoms with Crippen molar-refractivity contribution in [2.75, 3.05) is 31.1 Å². The van der Waals surface area contributed by atoms with E-state index < -0.39 is 5.60 Å². The van der Waals surface area contributed by atoms with E-state index in [0.29, 0.717) is 13.1 Å². The first-order valence-corrected chi connectivity index (χ1v) is 12.3. The minimum absolute atomic E-state index is 0.103. The molecule has 3 aromatic rings. The van der Waals surface area contributed by atoms with Gasteiger partial charge in [-0.25, -0.2) is 0 Å². The van der Waals surface area contributed by atoms with Gasteiger partial charge in [0.05, 0.1) is 12.0 Å². The molecule has 0 unspecified atom stereocenters. The normalized spacial score (nSPS) is 16.9. The zero-order valence-corrected chi connectivity index (χ0v) is 20.6. The SMILES string of the molecule is CC(C)(O)C(=O)N1CC2(C1)CN(Cc1cc3cc(Cl)ccc3n1CCCCO)c1ccccc12. The highest BCUT2D eigenvalue weighted by atomic mass is 35.5. The fraction of sp³-hybridized carbons (Fsp3) is 0.444. The minimum atomic E-state index is -1.35. The maximum atomic E-state index is 12.6. The van der Waals surface area contributed by atoms with E-state index in [1.807, 2.05) is 12.1 Å². The number of carbonyl (C=O) groups excluding carboxylic acids is 1. The lowest BCUT2D eigenvalue weighted by atomic mass is 9.74. The second-order valence-corrected chi connectivity index (χ2v) is 10.7. The van der Waals surface area contributed by atoms with E-state index in [-0.39, 0.29) is 17.9 Å². The van der Waals surface area contributed by atoms with Gasteiger partial charge in [-0.3, -0.25) is 4.79 Å². The summed E-state index contributed by atoms with van der Waals surface area (Å²) in [7, 11) is 0. The van der Waals surface area contributed by atoms with Crippen LogP contribution in [0, 0.1) is 0 Å². The predicted molar refractivity (Wildman–Crippen MR) is 135 cm³/mol. The third-order valence-electron chi connectivity index (χ3n) is 7.20. The molecule has 180 valence electrons. The van der Waals surface area contributed by atoms with Gasteiger partial charge >= 0.3 is 0 Å². The molecule has 6 nitrogen and oxygen atoms in total. The van der Waals surface area contributed by atoms with Gasteiger partial charge in [0, 0.05) is 60.1 Å². The fourth-order valence-electron chi connectivity index (χ4n) is 5.63. The Morgan fingerprint density at radius 2 is 1.85 bits per heavy atom. The second kappa shape index (κ2) is 8.59. The van der Waals surface area contributed by atoms with Crippen LogP contribution in [-0.2, 0) is 23.3 Å². The molecule has 7 heteroatoms. The number of fused-ring (bicyclic) bond motifs is 3. The first-order chi connectivity index (χ1) is 16.2. The molecule has 1 saturated heterocycles. The molecule has 2 aliphatic rings. The Balaban J connectivity index is 1.43. The summed E-state index contributed by atoms with van der Waals surface area (Å²) in [4.78, 5) is 16.8. The van der Waals surface area contributed by atoms with Crippen molar-refractivity contribution in [3.63, 3.8) is 0 Å². The number of anilines is 1. The summed E-state index contributed by atoms with van der Waals surface area (Å²) in [6, 6.07) is 16.7. The van der Waals surface area contributed by atoms with Crippen molar-refractivity contribution in [2.24, 2.45) is 0 Å². The monoisotopic (exact) mass is 481 g/mol. The van der Waals surface area contributed by atoms with Crippen LogP contribution in [0.5, 0.6) is 0 Å². The number of hydrogen-bond donors (Lipinski definition) is 2. The molecule has 3 heterocycles. The summed E-state index contributed by atoms with van der Waals surface area (Å²) in [5.74, 6) is -0.213. The van der Waals surface area contributed by atoms with Gasteiger partial charge in [0.2, 0.25) is 0 Å². The van der Waals surface area contributed by atoms with Gasteiger partial charge in [0.1, 0.15) is 5.60 Å². The summed E-state index contributed by atoms with van der Waals surface area (Å²) in [5, 5.41) is 21.3. The van der Waals surface area contributed by atoms with E-state index >= 15 is 0 Å². The van der Waals surface area contributed by atoms with E-state index in [1.54, 1.807) is 18.7 Å². The molecule has 0 saturated carbocycles. The molecule has 1 spiro atoms. The molecule has 1 aromatic heterocycles. The molecule has 0 bridgehead atoms. The van der Waals surface area contributed by atoms with Crippen LogP contribution in [0.4, 0.5) is 5.69 Å². The van der Waals surface area contributed by atoms with Crippen LogP contribution < -0.4 is 4.90 Å². The average molecular weight is 482 g/mol. The lowest BCUT2D eigenvalue weighted by Gasteiger charge is -2.50. The van der Waals surface area contributed by atoms with Crippen molar-refractivity contribution in [2.45, 2.75) is 50.8 Å². The molecule has 2 aromatic carbocycles. The Labute approximate surface area is 205 Å². The molecule has 1 amide bonds. The van der Waals surface area contributed by atoms with E-state index in [9.17, 15) is 15.0 Å². The molecule has 0 aliphatic carbocycles. The number of aryl methyl sites for hydroxylation is 1. The molecule has 0 radical (unpaired) electrons. The summed E-state index contributed by atoms with van der Waals surface area (Å²) in [6.07, 6.45) is 1.68. The summed E-state index contributed by atoms with van der Waals surface area (Å²) < 4.78 is 2.35. The Bertz CT molecular complexity index is 1220. The van der Waals surface area contributed by atoms with Crippen molar-refractivity contribution in [1.82, 2.24) is 9.47 Å². The highest BCUT2D eigenvalue weighted by Crippen LogP contribution is 2.47. The number of likely N-dealkylation sites (tertiary alicyclic amines) is 1. The molecule has 34 heavy (non-hydrogen) atoms. The zero-order chi connectivity index (χ0) is 24.1. The Morgan fingerprint density at radius 1 is 1.09 bits per heavy atom. The van der Waals surface area contributed by atoms with Crippen LogP contribution in [0.3, 0.4) is 0 Å². The number of aliphatic hydroxyl groups is 2. The largest absolute Gasteiger partial charge is 0.396 e. The van der Waals surface area contributed by atoms with Crippen LogP contribution in [0.2, 0.25) is 5.02 Å². The molecule has 0 atom stereocenters. The number of nitrogens with zero attached hydrogens (tertiary/aromatic N) is 3. The highest BCUT2D eigenvalue weighted by Gasteiger charge is 2.53. The first-order valence-electron chi connectivity index (χ1n) is 12.0. The molecule has 5 rings (SSSR count). The maximum Gasteiger partial charge on any atom is 0.254 e. The second-order valence-electron chi connectivity index (χ2n) is 10.3. The van der Waals surface area contributed by atoms with Crippen LogP contribution in [0.25, 0.3) is 10.9 Å².